The minimum absolute atomic E-state index is 0.00732. The standard InChI is InChI=1S/C12H18N2O4/c1-18-12(17)9-4-5-14(7-9)11(16)8-2-3-10(15)13-6-8/h8-9H,2-7H2,1H3,(H,13,15). The molecule has 18 heavy (non-hydrogen) atoms. The Hall–Kier alpha value is -1.59. The summed E-state index contributed by atoms with van der Waals surface area (Å²) < 4.78 is 4.69. The van der Waals surface area contributed by atoms with Gasteiger partial charge in [-0.2, -0.15) is 0 Å². The van der Waals surface area contributed by atoms with Crippen LogP contribution in [-0.2, 0) is 19.1 Å². The van der Waals surface area contributed by atoms with Gasteiger partial charge >= 0.3 is 5.97 Å². The van der Waals surface area contributed by atoms with E-state index in [-0.39, 0.29) is 29.6 Å². The van der Waals surface area contributed by atoms with Crippen LogP contribution in [0.25, 0.3) is 0 Å². The van der Waals surface area contributed by atoms with Crippen molar-refractivity contribution < 1.29 is 19.1 Å². The molecule has 1 N–H and O–H groups in total. The van der Waals surface area contributed by atoms with Gasteiger partial charge in [-0.25, -0.2) is 0 Å². The van der Waals surface area contributed by atoms with Crippen LogP contribution in [0.5, 0.6) is 0 Å². The van der Waals surface area contributed by atoms with Gasteiger partial charge in [-0.1, -0.05) is 0 Å². The molecule has 0 aromatic heterocycles. The van der Waals surface area contributed by atoms with E-state index in [1.807, 2.05) is 0 Å². The second-order valence-corrected chi connectivity index (χ2v) is 4.83. The number of likely N-dealkylation sites (tertiary alicyclic amines) is 1. The molecule has 2 fully saturated rings. The SMILES string of the molecule is COC(=O)C1CCN(C(=O)C2CCC(=O)NC2)C1. The Balaban J connectivity index is 1.87. The number of amides is 2. The fourth-order valence-corrected chi connectivity index (χ4v) is 2.52. The number of ether oxygens (including phenoxy) is 1. The molecule has 0 aromatic carbocycles. The lowest BCUT2D eigenvalue weighted by Gasteiger charge is -2.26. The molecule has 2 heterocycles. The molecule has 0 bridgehead atoms. The number of nitrogens with zero attached hydrogens (tertiary/aromatic N) is 1. The Morgan fingerprint density at radius 3 is 2.72 bits per heavy atom. The predicted octanol–water partition coefficient (Wildman–Crippen LogP) is -0.466. The number of methoxy groups -OCH3 is 1. The highest BCUT2D eigenvalue weighted by Gasteiger charge is 2.35. The molecule has 2 amide bonds. The molecule has 6 heteroatoms. The summed E-state index contributed by atoms with van der Waals surface area (Å²) in [4.78, 5) is 36.3. The van der Waals surface area contributed by atoms with E-state index in [9.17, 15) is 14.4 Å². The molecule has 2 aliphatic rings. The first-order valence-electron chi connectivity index (χ1n) is 6.25. The molecular weight excluding hydrogens is 236 g/mol. The molecular formula is C12H18N2O4. The number of carbonyl (C=O) groups is 3. The molecule has 100 valence electrons. The average molecular weight is 254 g/mol. The molecule has 2 saturated heterocycles. The lowest BCUT2D eigenvalue weighted by molar-refractivity contribution is -0.145. The average Bonchev–Trinajstić information content (AvgIpc) is 2.87. The second kappa shape index (κ2) is 5.37. The fourth-order valence-electron chi connectivity index (χ4n) is 2.52. The summed E-state index contributed by atoms with van der Waals surface area (Å²) >= 11 is 0. The van der Waals surface area contributed by atoms with Crippen LogP contribution in [0.2, 0.25) is 0 Å². The van der Waals surface area contributed by atoms with E-state index in [4.69, 9.17) is 0 Å². The van der Waals surface area contributed by atoms with Gasteiger partial charge in [-0.05, 0) is 12.8 Å². The van der Waals surface area contributed by atoms with E-state index in [0.29, 0.717) is 38.9 Å². The Kier molecular flexibility index (Phi) is 3.84. The van der Waals surface area contributed by atoms with Gasteiger partial charge in [-0.3, -0.25) is 14.4 Å². The number of nitrogens with one attached hydrogen (secondary N) is 1. The first-order chi connectivity index (χ1) is 8.61. The largest absolute Gasteiger partial charge is 0.469 e. The van der Waals surface area contributed by atoms with Gasteiger partial charge < -0.3 is 15.0 Å². The lowest BCUT2D eigenvalue weighted by atomic mass is 9.98. The minimum Gasteiger partial charge on any atom is -0.469 e. The zero-order valence-corrected chi connectivity index (χ0v) is 10.5. The minimum atomic E-state index is -0.248. The maximum Gasteiger partial charge on any atom is 0.310 e. The molecule has 2 aliphatic heterocycles. The van der Waals surface area contributed by atoms with Gasteiger partial charge in [0, 0.05) is 26.1 Å². The van der Waals surface area contributed by atoms with Crippen molar-refractivity contribution in [1.29, 1.82) is 0 Å². The molecule has 6 nitrogen and oxygen atoms in total. The van der Waals surface area contributed by atoms with E-state index in [1.165, 1.54) is 7.11 Å². The zero-order chi connectivity index (χ0) is 13.1. The Bertz CT molecular complexity index is 359. The summed E-state index contributed by atoms with van der Waals surface area (Å²) in [7, 11) is 1.36. The highest BCUT2D eigenvalue weighted by atomic mass is 16.5. The zero-order valence-electron chi connectivity index (χ0n) is 10.5. The predicted molar refractivity (Wildman–Crippen MR) is 62.4 cm³/mol. The number of hydrogen-bond acceptors (Lipinski definition) is 4. The Morgan fingerprint density at radius 2 is 2.11 bits per heavy atom. The summed E-state index contributed by atoms with van der Waals surface area (Å²) in [6, 6.07) is 0. The molecule has 2 atom stereocenters. The topological polar surface area (TPSA) is 75.7 Å². The summed E-state index contributed by atoms with van der Waals surface area (Å²) in [5.74, 6) is -0.534. The van der Waals surface area contributed by atoms with Crippen LogP contribution in [0.4, 0.5) is 0 Å². The van der Waals surface area contributed by atoms with E-state index in [1.54, 1.807) is 4.90 Å². The van der Waals surface area contributed by atoms with Gasteiger partial charge in [0.1, 0.15) is 0 Å². The monoisotopic (exact) mass is 254 g/mol. The molecule has 0 saturated carbocycles. The van der Waals surface area contributed by atoms with E-state index >= 15 is 0 Å². The van der Waals surface area contributed by atoms with Crippen molar-refractivity contribution in [3.8, 4) is 0 Å². The van der Waals surface area contributed by atoms with Crippen molar-refractivity contribution >= 4 is 17.8 Å². The third kappa shape index (κ3) is 2.63. The van der Waals surface area contributed by atoms with Crippen LogP contribution >= 0.6 is 0 Å². The van der Waals surface area contributed by atoms with Crippen LogP contribution in [0.1, 0.15) is 19.3 Å². The number of rotatable bonds is 2. The van der Waals surface area contributed by atoms with Crippen molar-refractivity contribution in [3.63, 3.8) is 0 Å². The number of esters is 1. The summed E-state index contributed by atoms with van der Waals surface area (Å²) in [6.45, 7) is 1.45. The second-order valence-electron chi connectivity index (χ2n) is 4.83. The van der Waals surface area contributed by atoms with Crippen molar-refractivity contribution in [2.75, 3.05) is 26.7 Å². The highest BCUT2D eigenvalue weighted by Crippen LogP contribution is 2.22. The van der Waals surface area contributed by atoms with Gasteiger partial charge in [0.15, 0.2) is 0 Å². The van der Waals surface area contributed by atoms with E-state index in [2.05, 4.69) is 10.1 Å². The van der Waals surface area contributed by atoms with Gasteiger partial charge in [0.2, 0.25) is 11.8 Å². The van der Waals surface area contributed by atoms with Crippen LogP contribution in [-0.4, -0.2) is 49.4 Å². The number of piperidine rings is 1. The van der Waals surface area contributed by atoms with E-state index < -0.39 is 0 Å². The molecule has 2 unspecified atom stereocenters. The van der Waals surface area contributed by atoms with Crippen molar-refractivity contribution in [2.45, 2.75) is 19.3 Å². The highest BCUT2D eigenvalue weighted by molar-refractivity contribution is 5.84. The summed E-state index contributed by atoms with van der Waals surface area (Å²) in [6.07, 6.45) is 1.67. The third-order valence-corrected chi connectivity index (χ3v) is 3.65. The first kappa shape index (κ1) is 12.9. The number of carbonyl (C=O) groups excluding carboxylic acids is 3. The maximum atomic E-state index is 12.2. The maximum absolute atomic E-state index is 12.2. The number of hydrogen-bond donors (Lipinski definition) is 1. The van der Waals surface area contributed by atoms with Gasteiger partial charge in [-0.15, -0.1) is 0 Å². The molecule has 0 aromatic rings. The van der Waals surface area contributed by atoms with Crippen LogP contribution in [0.15, 0.2) is 0 Å². The molecule has 0 aliphatic carbocycles. The van der Waals surface area contributed by atoms with E-state index in [0.717, 1.165) is 0 Å². The Morgan fingerprint density at radius 1 is 1.33 bits per heavy atom. The third-order valence-electron chi connectivity index (χ3n) is 3.65. The molecule has 2 rings (SSSR count). The Labute approximate surface area is 106 Å². The fraction of sp³-hybridized carbons (Fsp3) is 0.750. The van der Waals surface area contributed by atoms with Crippen molar-refractivity contribution in [1.82, 2.24) is 10.2 Å². The smallest absolute Gasteiger partial charge is 0.310 e. The van der Waals surface area contributed by atoms with Crippen molar-refractivity contribution in [3.05, 3.63) is 0 Å². The molecule has 0 radical (unpaired) electrons. The van der Waals surface area contributed by atoms with Crippen LogP contribution < -0.4 is 5.32 Å². The van der Waals surface area contributed by atoms with Crippen LogP contribution in [0.3, 0.4) is 0 Å². The normalized spacial score (nSPS) is 27.8. The molecule has 0 spiro atoms. The van der Waals surface area contributed by atoms with Crippen LogP contribution in [0, 0.1) is 11.8 Å². The lowest BCUT2D eigenvalue weighted by Crippen LogP contribution is -2.44. The van der Waals surface area contributed by atoms with Gasteiger partial charge in [0.05, 0.1) is 18.9 Å². The van der Waals surface area contributed by atoms with Crippen molar-refractivity contribution in [2.24, 2.45) is 11.8 Å². The quantitative estimate of drug-likeness (QED) is 0.676. The van der Waals surface area contributed by atoms with Gasteiger partial charge in [0.25, 0.3) is 0 Å². The summed E-state index contributed by atoms with van der Waals surface area (Å²) in [5.41, 5.74) is 0. The first-order valence-corrected chi connectivity index (χ1v) is 6.25. The summed E-state index contributed by atoms with van der Waals surface area (Å²) in [5, 5.41) is 2.70.